The van der Waals surface area contributed by atoms with Crippen LogP contribution in [0.1, 0.15) is 52.9 Å². The molecule has 1 aliphatic carbocycles. The van der Waals surface area contributed by atoms with Crippen molar-refractivity contribution in [2.24, 2.45) is 9.98 Å². The van der Waals surface area contributed by atoms with Crippen LogP contribution in [0.25, 0.3) is 0 Å². The third-order valence-corrected chi connectivity index (χ3v) is 7.42. The Balaban J connectivity index is 1.58. The third-order valence-electron chi connectivity index (χ3n) is 7.42. The highest BCUT2D eigenvalue weighted by molar-refractivity contribution is 6.12. The summed E-state index contributed by atoms with van der Waals surface area (Å²) in [4.78, 5) is 14.3. The number of allylic oxidation sites excluding steroid dienone is 6. The minimum absolute atomic E-state index is 0.0952. The molecule has 34 heavy (non-hydrogen) atoms. The number of aliphatic hydroxyl groups is 1. The zero-order valence-corrected chi connectivity index (χ0v) is 21.2. The van der Waals surface area contributed by atoms with Crippen LogP contribution < -0.4 is 5.32 Å². The van der Waals surface area contributed by atoms with Gasteiger partial charge in [-0.3, -0.25) is 9.89 Å². The van der Waals surface area contributed by atoms with Crippen molar-refractivity contribution in [2.45, 2.75) is 58.4 Å². The molecule has 0 spiro atoms. The molecule has 182 valence electrons. The van der Waals surface area contributed by atoms with Gasteiger partial charge < -0.3 is 15.3 Å². The topological polar surface area (TPSA) is 63.5 Å². The number of piperidine rings is 1. The first-order valence-corrected chi connectivity index (χ1v) is 12.5. The number of aliphatic imine (C=N–C) groups is 2. The Morgan fingerprint density at radius 1 is 1.26 bits per heavy atom. The highest BCUT2D eigenvalue weighted by Gasteiger charge is 2.32. The first-order chi connectivity index (χ1) is 16.3. The predicted molar refractivity (Wildman–Crippen MR) is 142 cm³/mol. The molecule has 0 radical (unpaired) electrons. The number of hydrogen-bond acceptors (Lipinski definition) is 6. The number of β-amino-alcohol motifs (C(OH)–C–C–N with tert-alkyl or cyclic N) is 1. The Morgan fingerprint density at radius 2 is 2.00 bits per heavy atom. The van der Waals surface area contributed by atoms with Crippen LogP contribution in [0.4, 0.5) is 0 Å². The zero-order valence-electron chi connectivity index (χ0n) is 21.2. The molecule has 0 bridgehead atoms. The van der Waals surface area contributed by atoms with E-state index in [4.69, 9.17) is 4.99 Å². The summed E-state index contributed by atoms with van der Waals surface area (Å²) in [5.74, 6) is 0.949. The second-order valence-corrected chi connectivity index (χ2v) is 10.0. The van der Waals surface area contributed by atoms with Gasteiger partial charge in [-0.2, -0.15) is 0 Å². The van der Waals surface area contributed by atoms with Crippen molar-refractivity contribution >= 4 is 11.5 Å². The summed E-state index contributed by atoms with van der Waals surface area (Å²) in [5, 5.41) is 12.7. The van der Waals surface area contributed by atoms with Gasteiger partial charge in [-0.05, 0) is 88.3 Å². The van der Waals surface area contributed by atoms with Crippen molar-refractivity contribution in [3.63, 3.8) is 0 Å². The van der Waals surface area contributed by atoms with E-state index in [9.17, 15) is 5.11 Å². The van der Waals surface area contributed by atoms with Crippen molar-refractivity contribution in [2.75, 3.05) is 33.3 Å². The van der Waals surface area contributed by atoms with Crippen molar-refractivity contribution in [1.82, 2.24) is 15.1 Å². The van der Waals surface area contributed by atoms with Gasteiger partial charge in [0.05, 0.1) is 23.7 Å². The smallest absolute Gasteiger partial charge is 0.137 e. The van der Waals surface area contributed by atoms with E-state index in [-0.39, 0.29) is 12.1 Å². The monoisotopic (exact) mass is 461 g/mol. The number of hydrogen-bond donors (Lipinski definition) is 2. The van der Waals surface area contributed by atoms with Gasteiger partial charge in [-0.25, -0.2) is 4.99 Å². The maximum atomic E-state index is 9.18. The molecule has 0 unspecified atom stereocenters. The molecule has 6 heteroatoms. The lowest BCUT2D eigenvalue weighted by Crippen LogP contribution is -2.52. The lowest BCUT2D eigenvalue weighted by atomic mass is 9.88. The summed E-state index contributed by atoms with van der Waals surface area (Å²) in [5.41, 5.74) is 8.03. The quantitative estimate of drug-likeness (QED) is 0.434. The fourth-order valence-electron chi connectivity index (χ4n) is 4.70. The van der Waals surface area contributed by atoms with Crippen LogP contribution in [-0.4, -0.2) is 65.3 Å². The lowest BCUT2D eigenvalue weighted by molar-refractivity contribution is 0.167. The van der Waals surface area contributed by atoms with E-state index in [1.54, 1.807) is 0 Å². The summed E-state index contributed by atoms with van der Waals surface area (Å²) < 4.78 is 0. The van der Waals surface area contributed by atoms with Crippen LogP contribution in [-0.2, 0) is 0 Å². The molecule has 1 saturated carbocycles. The van der Waals surface area contributed by atoms with E-state index in [2.05, 4.69) is 71.0 Å². The van der Waals surface area contributed by atoms with Crippen molar-refractivity contribution in [1.29, 1.82) is 0 Å². The van der Waals surface area contributed by atoms with Gasteiger partial charge in [0, 0.05) is 44.1 Å². The minimum Gasteiger partial charge on any atom is -0.395 e. The SMILES string of the molecule is C=C(C)/C(C)=C/C(=NC)C1=CC(=C2CCC2)N2C=C(N3CCC(C)(NCCO)CC3)C=CC2=N1. The molecule has 0 aromatic carbocycles. The van der Waals surface area contributed by atoms with Gasteiger partial charge in [-0.1, -0.05) is 12.2 Å². The van der Waals surface area contributed by atoms with Gasteiger partial charge in [0.25, 0.3) is 0 Å². The molecule has 2 fully saturated rings. The molecule has 0 aromatic rings. The molecule has 3 heterocycles. The Hall–Kier alpha value is -2.70. The molecular formula is C28H39N5O. The molecule has 2 N–H and O–H groups in total. The normalized spacial score (nSPS) is 22.7. The molecule has 6 nitrogen and oxygen atoms in total. The molecule has 3 aliphatic heterocycles. The number of likely N-dealkylation sites (tertiary alicyclic amines) is 1. The van der Waals surface area contributed by atoms with Crippen LogP contribution in [0.15, 0.2) is 80.9 Å². The number of nitrogens with one attached hydrogen (secondary N) is 1. The summed E-state index contributed by atoms with van der Waals surface area (Å²) in [6, 6.07) is 0. The highest BCUT2D eigenvalue weighted by Crippen LogP contribution is 2.36. The first-order valence-electron chi connectivity index (χ1n) is 12.5. The predicted octanol–water partition coefficient (Wildman–Crippen LogP) is 4.46. The standard InChI is InChI=1S/C28H39N5O/c1-20(2)21(3)17-24(29-5)25-18-26(22-7-6-8-22)33-19-23(9-10-27(33)31-25)32-14-11-28(4,12-15-32)30-13-16-34/h9-10,17-19,30,34H,1,6-8,11-16H2,2-5H3/b21-17+,29-24?. The summed E-state index contributed by atoms with van der Waals surface area (Å²) in [7, 11) is 1.83. The molecule has 1 saturated heterocycles. The Kier molecular flexibility index (Phi) is 7.39. The van der Waals surface area contributed by atoms with Crippen LogP contribution in [0.2, 0.25) is 0 Å². The van der Waals surface area contributed by atoms with E-state index in [1.807, 2.05) is 14.0 Å². The zero-order chi connectivity index (χ0) is 24.3. The third kappa shape index (κ3) is 5.18. The van der Waals surface area contributed by atoms with Crippen molar-refractivity contribution < 1.29 is 5.11 Å². The van der Waals surface area contributed by atoms with Crippen molar-refractivity contribution in [3.05, 3.63) is 70.9 Å². The van der Waals surface area contributed by atoms with Crippen LogP contribution in [0.5, 0.6) is 0 Å². The molecule has 0 amide bonds. The van der Waals surface area contributed by atoms with Crippen molar-refractivity contribution in [3.8, 4) is 0 Å². The van der Waals surface area contributed by atoms with Crippen LogP contribution in [0.3, 0.4) is 0 Å². The Bertz CT molecular complexity index is 1040. The second-order valence-electron chi connectivity index (χ2n) is 10.0. The number of nitrogens with zero attached hydrogens (tertiary/aromatic N) is 4. The van der Waals surface area contributed by atoms with E-state index in [0.29, 0.717) is 6.54 Å². The maximum absolute atomic E-state index is 9.18. The highest BCUT2D eigenvalue weighted by atomic mass is 16.3. The summed E-state index contributed by atoms with van der Waals surface area (Å²) >= 11 is 0. The maximum Gasteiger partial charge on any atom is 0.137 e. The molecule has 4 rings (SSSR count). The number of aliphatic hydroxyl groups excluding tert-OH is 1. The van der Waals surface area contributed by atoms with E-state index in [1.165, 1.54) is 23.4 Å². The number of fused-ring (bicyclic) bond motifs is 1. The van der Waals surface area contributed by atoms with E-state index >= 15 is 0 Å². The molecule has 4 aliphatic rings. The summed E-state index contributed by atoms with van der Waals surface area (Å²) in [6.07, 6.45) is 16.6. The Labute approximate surface area is 204 Å². The van der Waals surface area contributed by atoms with E-state index in [0.717, 1.165) is 67.2 Å². The van der Waals surface area contributed by atoms with Gasteiger partial charge in [0.2, 0.25) is 0 Å². The first kappa shape index (κ1) is 24.4. The Morgan fingerprint density at radius 3 is 2.59 bits per heavy atom. The van der Waals surface area contributed by atoms with Gasteiger partial charge in [0.15, 0.2) is 0 Å². The fraction of sp³-hybridized carbons (Fsp3) is 0.500. The number of rotatable bonds is 7. The summed E-state index contributed by atoms with van der Waals surface area (Å²) in [6.45, 7) is 13.2. The van der Waals surface area contributed by atoms with Gasteiger partial charge >= 0.3 is 0 Å². The molecular weight excluding hydrogens is 422 g/mol. The molecule has 0 aromatic heterocycles. The van der Waals surface area contributed by atoms with E-state index < -0.39 is 0 Å². The average molecular weight is 462 g/mol. The van der Waals surface area contributed by atoms with Crippen LogP contribution in [0, 0.1) is 0 Å². The number of amidine groups is 1. The minimum atomic E-state index is 0.0952. The van der Waals surface area contributed by atoms with Gasteiger partial charge in [0.1, 0.15) is 5.84 Å². The fourth-order valence-corrected chi connectivity index (χ4v) is 4.70. The largest absolute Gasteiger partial charge is 0.395 e. The average Bonchev–Trinajstić information content (AvgIpc) is 2.80. The second kappa shape index (κ2) is 10.3. The molecule has 0 atom stereocenters. The lowest BCUT2D eigenvalue weighted by Gasteiger charge is -2.43. The van der Waals surface area contributed by atoms with Gasteiger partial charge in [-0.15, -0.1) is 0 Å². The van der Waals surface area contributed by atoms with Crippen LogP contribution >= 0.6 is 0 Å².